The number of benzene rings is 1. The van der Waals surface area contributed by atoms with Gasteiger partial charge in [0.2, 0.25) is 5.91 Å². The fraction of sp³-hybridized carbons (Fsp3) is 0.458. The van der Waals surface area contributed by atoms with Crippen molar-refractivity contribution in [2.45, 2.75) is 52.7 Å². The number of amides is 3. The van der Waals surface area contributed by atoms with Crippen LogP contribution >= 0.6 is 0 Å². The normalized spacial score (nSPS) is 13.2. The highest BCUT2D eigenvalue weighted by atomic mass is 16.5. The molecule has 0 unspecified atom stereocenters. The predicted molar refractivity (Wildman–Crippen MR) is 120 cm³/mol. The zero-order chi connectivity index (χ0) is 22.2. The molecule has 0 saturated heterocycles. The van der Waals surface area contributed by atoms with Gasteiger partial charge >= 0.3 is 6.03 Å². The molecular weight excluding hydrogens is 392 g/mol. The summed E-state index contributed by atoms with van der Waals surface area (Å²) in [6.45, 7) is 8.66. The summed E-state index contributed by atoms with van der Waals surface area (Å²) in [5.74, 6) is 0.936. The number of rotatable bonds is 7. The highest BCUT2D eigenvalue weighted by molar-refractivity contribution is 5.76. The SMILES string of the molecule is CCN(Cc1ccncc1)C(=O)CCc1ccc2c(c1)CN(C(=O)NC(C)C)CCO2. The number of nitrogens with zero attached hydrogens (tertiary/aromatic N) is 3. The molecule has 0 atom stereocenters. The van der Waals surface area contributed by atoms with E-state index in [0.717, 1.165) is 22.4 Å². The maximum Gasteiger partial charge on any atom is 0.318 e. The van der Waals surface area contributed by atoms with Crippen molar-refractivity contribution in [1.29, 1.82) is 0 Å². The first-order chi connectivity index (χ1) is 15.0. The average molecular weight is 425 g/mol. The Labute approximate surface area is 184 Å². The van der Waals surface area contributed by atoms with E-state index in [1.807, 2.05) is 49.9 Å². The van der Waals surface area contributed by atoms with Crippen LogP contribution in [0.15, 0.2) is 42.7 Å². The minimum Gasteiger partial charge on any atom is -0.491 e. The van der Waals surface area contributed by atoms with Gasteiger partial charge in [-0.05, 0) is 56.5 Å². The van der Waals surface area contributed by atoms with Gasteiger partial charge in [0, 0.05) is 43.5 Å². The van der Waals surface area contributed by atoms with Gasteiger partial charge in [-0.3, -0.25) is 9.78 Å². The third-order valence-corrected chi connectivity index (χ3v) is 5.29. The molecular formula is C24H32N4O3. The van der Waals surface area contributed by atoms with E-state index in [1.165, 1.54) is 0 Å². The smallest absolute Gasteiger partial charge is 0.318 e. The van der Waals surface area contributed by atoms with E-state index in [9.17, 15) is 9.59 Å². The van der Waals surface area contributed by atoms with Gasteiger partial charge in [-0.2, -0.15) is 0 Å². The Morgan fingerprint density at radius 1 is 1.19 bits per heavy atom. The summed E-state index contributed by atoms with van der Waals surface area (Å²) in [5.41, 5.74) is 3.12. The molecule has 3 amide bonds. The Morgan fingerprint density at radius 2 is 1.97 bits per heavy atom. The third-order valence-electron chi connectivity index (χ3n) is 5.29. The largest absolute Gasteiger partial charge is 0.491 e. The molecule has 0 fully saturated rings. The standard InChI is InChI=1S/C24H32N4O3/c1-4-27(16-20-9-11-25-12-10-20)23(29)8-6-19-5-7-22-21(15-19)17-28(13-14-31-22)24(30)26-18(2)3/h5,7,9-12,15,18H,4,6,8,13-14,16-17H2,1-3H3,(H,26,30). The van der Waals surface area contributed by atoms with Crippen LogP contribution < -0.4 is 10.1 Å². The van der Waals surface area contributed by atoms with E-state index < -0.39 is 0 Å². The minimum absolute atomic E-state index is 0.0817. The van der Waals surface area contributed by atoms with Crippen LogP contribution in [-0.4, -0.2) is 52.5 Å². The molecule has 3 rings (SSSR count). The molecule has 1 N–H and O–H groups in total. The van der Waals surface area contributed by atoms with Gasteiger partial charge < -0.3 is 19.9 Å². The predicted octanol–water partition coefficient (Wildman–Crippen LogP) is 3.38. The summed E-state index contributed by atoms with van der Waals surface area (Å²) >= 11 is 0. The summed E-state index contributed by atoms with van der Waals surface area (Å²) in [6.07, 6.45) is 4.58. The Morgan fingerprint density at radius 3 is 2.68 bits per heavy atom. The van der Waals surface area contributed by atoms with Crippen molar-refractivity contribution < 1.29 is 14.3 Å². The van der Waals surface area contributed by atoms with Crippen molar-refractivity contribution in [3.05, 3.63) is 59.4 Å². The van der Waals surface area contributed by atoms with Crippen LogP contribution in [0.3, 0.4) is 0 Å². The molecule has 1 aliphatic rings. The van der Waals surface area contributed by atoms with Crippen molar-refractivity contribution in [1.82, 2.24) is 20.1 Å². The first kappa shape index (κ1) is 22.6. The topological polar surface area (TPSA) is 74.8 Å². The van der Waals surface area contributed by atoms with Gasteiger partial charge in [0.25, 0.3) is 0 Å². The molecule has 0 aliphatic carbocycles. The number of pyridine rings is 1. The second-order valence-electron chi connectivity index (χ2n) is 8.08. The number of ether oxygens (including phenoxy) is 1. The quantitative estimate of drug-likeness (QED) is 0.739. The number of aryl methyl sites for hydroxylation is 1. The van der Waals surface area contributed by atoms with E-state index in [-0.39, 0.29) is 18.0 Å². The summed E-state index contributed by atoms with van der Waals surface area (Å²) < 4.78 is 5.83. The Hall–Kier alpha value is -3.09. The van der Waals surface area contributed by atoms with Crippen LogP contribution in [0.5, 0.6) is 5.75 Å². The summed E-state index contributed by atoms with van der Waals surface area (Å²) in [7, 11) is 0. The molecule has 1 aromatic heterocycles. The first-order valence-electron chi connectivity index (χ1n) is 10.9. The molecule has 2 heterocycles. The van der Waals surface area contributed by atoms with Crippen LogP contribution in [0.4, 0.5) is 4.79 Å². The van der Waals surface area contributed by atoms with Crippen LogP contribution in [0.2, 0.25) is 0 Å². The van der Waals surface area contributed by atoms with Gasteiger partial charge in [-0.15, -0.1) is 0 Å². The van der Waals surface area contributed by atoms with E-state index in [1.54, 1.807) is 17.3 Å². The lowest BCUT2D eigenvalue weighted by molar-refractivity contribution is -0.131. The van der Waals surface area contributed by atoms with Crippen molar-refractivity contribution in [2.24, 2.45) is 0 Å². The highest BCUT2D eigenvalue weighted by Crippen LogP contribution is 2.25. The van der Waals surface area contributed by atoms with Crippen molar-refractivity contribution >= 4 is 11.9 Å². The number of fused-ring (bicyclic) bond motifs is 1. The van der Waals surface area contributed by atoms with Crippen LogP contribution in [0.25, 0.3) is 0 Å². The van der Waals surface area contributed by atoms with Crippen LogP contribution in [-0.2, 0) is 24.3 Å². The number of nitrogens with one attached hydrogen (secondary N) is 1. The van der Waals surface area contributed by atoms with E-state index in [0.29, 0.717) is 45.6 Å². The fourth-order valence-electron chi connectivity index (χ4n) is 3.61. The van der Waals surface area contributed by atoms with Crippen molar-refractivity contribution in [3.63, 3.8) is 0 Å². The van der Waals surface area contributed by atoms with Gasteiger partial charge in [-0.1, -0.05) is 12.1 Å². The van der Waals surface area contributed by atoms with E-state index in [2.05, 4.69) is 16.4 Å². The van der Waals surface area contributed by atoms with Gasteiger partial charge in [0.1, 0.15) is 12.4 Å². The highest BCUT2D eigenvalue weighted by Gasteiger charge is 2.21. The monoisotopic (exact) mass is 424 g/mol. The number of urea groups is 1. The molecule has 2 aromatic rings. The lowest BCUT2D eigenvalue weighted by Crippen LogP contribution is -2.43. The lowest BCUT2D eigenvalue weighted by atomic mass is 10.0. The molecule has 31 heavy (non-hydrogen) atoms. The van der Waals surface area contributed by atoms with Gasteiger partial charge in [-0.25, -0.2) is 4.79 Å². The minimum atomic E-state index is -0.0817. The summed E-state index contributed by atoms with van der Waals surface area (Å²) in [5, 5.41) is 2.94. The first-order valence-corrected chi connectivity index (χ1v) is 10.9. The van der Waals surface area contributed by atoms with Gasteiger partial charge in [0.15, 0.2) is 0 Å². The number of carbonyl (C=O) groups is 2. The average Bonchev–Trinajstić information content (AvgIpc) is 2.98. The Balaban J connectivity index is 1.62. The molecule has 0 radical (unpaired) electrons. The molecule has 7 nitrogen and oxygen atoms in total. The van der Waals surface area contributed by atoms with Crippen LogP contribution in [0.1, 0.15) is 43.9 Å². The van der Waals surface area contributed by atoms with Crippen LogP contribution in [0, 0.1) is 0 Å². The Kier molecular flexibility index (Phi) is 7.87. The molecule has 7 heteroatoms. The third kappa shape index (κ3) is 6.44. The fourth-order valence-corrected chi connectivity index (χ4v) is 3.61. The zero-order valence-electron chi connectivity index (χ0n) is 18.6. The molecule has 1 aromatic carbocycles. The number of hydrogen-bond acceptors (Lipinski definition) is 4. The maximum absolute atomic E-state index is 12.8. The number of carbonyl (C=O) groups excluding carboxylic acids is 2. The number of hydrogen-bond donors (Lipinski definition) is 1. The zero-order valence-corrected chi connectivity index (χ0v) is 18.6. The van der Waals surface area contributed by atoms with Crippen molar-refractivity contribution in [2.75, 3.05) is 19.7 Å². The second kappa shape index (κ2) is 10.8. The van der Waals surface area contributed by atoms with Crippen molar-refractivity contribution in [3.8, 4) is 5.75 Å². The molecule has 1 aliphatic heterocycles. The summed E-state index contributed by atoms with van der Waals surface area (Å²) in [4.78, 5) is 32.9. The Bertz CT molecular complexity index is 886. The van der Waals surface area contributed by atoms with E-state index in [4.69, 9.17) is 4.74 Å². The van der Waals surface area contributed by atoms with Gasteiger partial charge in [0.05, 0.1) is 13.1 Å². The second-order valence-corrected chi connectivity index (χ2v) is 8.08. The maximum atomic E-state index is 12.8. The number of aromatic nitrogens is 1. The molecule has 0 bridgehead atoms. The lowest BCUT2D eigenvalue weighted by Gasteiger charge is -2.22. The molecule has 0 spiro atoms. The van der Waals surface area contributed by atoms with E-state index >= 15 is 0 Å². The molecule has 0 saturated carbocycles. The summed E-state index contributed by atoms with van der Waals surface area (Å²) in [6, 6.07) is 9.89. The molecule has 166 valence electrons.